The van der Waals surface area contributed by atoms with Crippen LogP contribution in [0.2, 0.25) is 0 Å². The Labute approximate surface area is 164 Å². The van der Waals surface area contributed by atoms with Crippen molar-refractivity contribution in [3.8, 4) is 0 Å². The van der Waals surface area contributed by atoms with Gasteiger partial charge < -0.3 is 19.4 Å². The molecule has 0 saturated carbocycles. The third kappa shape index (κ3) is 3.31. The van der Waals surface area contributed by atoms with E-state index in [1.165, 1.54) is 0 Å². The lowest BCUT2D eigenvalue weighted by atomic mass is 9.78. The topological polar surface area (TPSA) is 87.1 Å². The second kappa shape index (κ2) is 7.77. The van der Waals surface area contributed by atoms with E-state index in [0.717, 1.165) is 50.2 Å². The summed E-state index contributed by atoms with van der Waals surface area (Å²) in [5, 5.41) is 0. The second-order valence-electron chi connectivity index (χ2n) is 7.70. The van der Waals surface area contributed by atoms with Crippen LogP contribution in [0.1, 0.15) is 50.4 Å². The number of imidazole rings is 2. The Bertz CT molecular complexity index is 820. The fourth-order valence-electron chi connectivity index (χ4n) is 4.66. The summed E-state index contributed by atoms with van der Waals surface area (Å²) in [5.74, 6) is 0.371. The predicted molar refractivity (Wildman–Crippen MR) is 103 cm³/mol. The molecule has 0 aromatic carbocycles. The molecule has 0 aliphatic carbocycles. The van der Waals surface area contributed by atoms with Gasteiger partial charge in [-0.05, 0) is 19.3 Å². The molecule has 28 heavy (non-hydrogen) atoms. The third-order valence-electron chi connectivity index (χ3n) is 6.17. The maximum Gasteiger partial charge on any atom is 0.223 e. The minimum absolute atomic E-state index is 0.175. The van der Waals surface area contributed by atoms with Crippen molar-refractivity contribution >= 4 is 11.8 Å². The molecule has 1 spiro atoms. The van der Waals surface area contributed by atoms with Crippen molar-refractivity contribution < 1.29 is 9.59 Å². The first kappa shape index (κ1) is 18.7. The summed E-state index contributed by atoms with van der Waals surface area (Å²) in [7, 11) is 0. The van der Waals surface area contributed by atoms with Gasteiger partial charge >= 0.3 is 0 Å². The standard InChI is InChI=1S/C20H28N6O2/c1-2-17(27)26-10-5-16-19(23-14-22-16)20(26)6-11-25(12-7-20)18(28)4-3-9-24-13-8-21-15-24/h8,13-15H,2-7,9-12H2,1H3,(H,22,23). The summed E-state index contributed by atoms with van der Waals surface area (Å²) in [5.41, 5.74) is 1.78. The lowest BCUT2D eigenvalue weighted by molar-refractivity contribution is -0.144. The molecule has 150 valence electrons. The zero-order chi connectivity index (χ0) is 19.6. The van der Waals surface area contributed by atoms with Gasteiger partial charge in [0.1, 0.15) is 0 Å². The Morgan fingerprint density at radius 3 is 2.75 bits per heavy atom. The molecule has 0 atom stereocenters. The Kier molecular flexibility index (Phi) is 5.19. The molecular weight excluding hydrogens is 356 g/mol. The van der Waals surface area contributed by atoms with Gasteiger partial charge in [0.05, 0.1) is 23.9 Å². The Balaban J connectivity index is 1.41. The molecule has 1 saturated heterocycles. The summed E-state index contributed by atoms with van der Waals surface area (Å²) in [6, 6.07) is 0. The first-order chi connectivity index (χ1) is 13.6. The molecular formula is C20H28N6O2. The number of carbonyl (C=O) groups is 2. The molecule has 8 heteroatoms. The summed E-state index contributed by atoms with van der Waals surface area (Å²) in [4.78, 5) is 41.1. The molecule has 2 aliphatic rings. The first-order valence-electron chi connectivity index (χ1n) is 10.2. The quantitative estimate of drug-likeness (QED) is 0.850. The van der Waals surface area contributed by atoms with Crippen LogP contribution in [0.15, 0.2) is 25.0 Å². The zero-order valence-corrected chi connectivity index (χ0v) is 16.4. The normalized spacial score (nSPS) is 18.3. The average Bonchev–Trinajstić information content (AvgIpc) is 3.40. The van der Waals surface area contributed by atoms with E-state index in [-0.39, 0.29) is 17.4 Å². The maximum absolute atomic E-state index is 12.7. The number of amides is 2. The molecule has 4 rings (SSSR count). The van der Waals surface area contributed by atoms with Gasteiger partial charge in [-0.25, -0.2) is 9.97 Å². The van der Waals surface area contributed by atoms with Crippen molar-refractivity contribution in [2.24, 2.45) is 0 Å². The zero-order valence-electron chi connectivity index (χ0n) is 16.4. The van der Waals surface area contributed by atoms with E-state index in [0.29, 0.717) is 25.9 Å². The van der Waals surface area contributed by atoms with E-state index < -0.39 is 0 Å². The van der Waals surface area contributed by atoms with Crippen LogP contribution in [0.3, 0.4) is 0 Å². The number of nitrogens with one attached hydrogen (secondary N) is 1. The van der Waals surface area contributed by atoms with Gasteiger partial charge in [0.25, 0.3) is 0 Å². The Hall–Kier alpha value is -2.64. The lowest BCUT2D eigenvalue weighted by Gasteiger charge is -2.50. The highest BCUT2D eigenvalue weighted by atomic mass is 16.2. The molecule has 2 aromatic heterocycles. The third-order valence-corrected chi connectivity index (χ3v) is 6.17. The average molecular weight is 384 g/mol. The van der Waals surface area contributed by atoms with Crippen LogP contribution < -0.4 is 0 Å². The Morgan fingerprint density at radius 1 is 1.21 bits per heavy atom. The Morgan fingerprint density at radius 2 is 2.04 bits per heavy atom. The van der Waals surface area contributed by atoms with Gasteiger partial charge in [-0.2, -0.15) is 0 Å². The van der Waals surface area contributed by atoms with Crippen LogP contribution in [-0.2, 0) is 28.1 Å². The second-order valence-corrected chi connectivity index (χ2v) is 7.70. The monoisotopic (exact) mass is 384 g/mol. The number of hydrogen-bond acceptors (Lipinski definition) is 4. The number of H-pyrrole nitrogens is 1. The lowest BCUT2D eigenvalue weighted by Crippen LogP contribution is -2.58. The SMILES string of the molecule is CCC(=O)N1CCc2[nH]cnc2C12CCN(C(=O)CCCn1ccnc1)CC2. The van der Waals surface area contributed by atoms with Gasteiger partial charge in [-0.3, -0.25) is 9.59 Å². The molecule has 2 amide bonds. The minimum atomic E-state index is -0.367. The number of likely N-dealkylation sites (tertiary alicyclic amines) is 1. The highest BCUT2D eigenvalue weighted by molar-refractivity contribution is 5.78. The molecule has 8 nitrogen and oxygen atoms in total. The fourth-order valence-corrected chi connectivity index (χ4v) is 4.66. The molecule has 2 aliphatic heterocycles. The number of piperidine rings is 1. The molecule has 0 radical (unpaired) electrons. The van der Waals surface area contributed by atoms with Gasteiger partial charge in [0.15, 0.2) is 0 Å². The summed E-state index contributed by atoms with van der Waals surface area (Å²) in [6.07, 6.45) is 11.4. The number of carbonyl (C=O) groups excluding carboxylic acids is 2. The van der Waals surface area contributed by atoms with E-state index in [4.69, 9.17) is 0 Å². The number of rotatable bonds is 5. The van der Waals surface area contributed by atoms with E-state index in [2.05, 4.69) is 15.0 Å². The molecule has 0 unspecified atom stereocenters. The van der Waals surface area contributed by atoms with Crippen LogP contribution in [0, 0.1) is 0 Å². The molecule has 1 fully saturated rings. The van der Waals surface area contributed by atoms with Crippen LogP contribution >= 0.6 is 0 Å². The van der Waals surface area contributed by atoms with Crippen LogP contribution in [0.25, 0.3) is 0 Å². The van der Waals surface area contributed by atoms with E-state index in [1.807, 2.05) is 27.5 Å². The van der Waals surface area contributed by atoms with Crippen molar-refractivity contribution in [3.05, 3.63) is 36.4 Å². The van der Waals surface area contributed by atoms with Crippen LogP contribution in [0.4, 0.5) is 0 Å². The van der Waals surface area contributed by atoms with Crippen molar-refractivity contribution in [3.63, 3.8) is 0 Å². The number of nitrogens with zero attached hydrogens (tertiary/aromatic N) is 5. The summed E-state index contributed by atoms with van der Waals surface area (Å²) in [6.45, 7) is 4.78. The number of aromatic amines is 1. The van der Waals surface area contributed by atoms with E-state index in [1.54, 1.807) is 18.9 Å². The van der Waals surface area contributed by atoms with E-state index >= 15 is 0 Å². The van der Waals surface area contributed by atoms with Crippen LogP contribution in [-0.4, -0.2) is 60.8 Å². The largest absolute Gasteiger partial charge is 0.348 e. The van der Waals surface area contributed by atoms with Crippen molar-refractivity contribution in [1.82, 2.24) is 29.3 Å². The predicted octanol–water partition coefficient (Wildman–Crippen LogP) is 1.70. The molecule has 4 heterocycles. The minimum Gasteiger partial charge on any atom is -0.348 e. The fraction of sp³-hybridized carbons (Fsp3) is 0.600. The number of fused-ring (bicyclic) bond motifs is 2. The smallest absolute Gasteiger partial charge is 0.223 e. The molecule has 2 aromatic rings. The van der Waals surface area contributed by atoms with Crippen molar-refractivity contribution in [1.29, 1.82) is 0 Å². The van der Waals surface area contributed by atoms with Crippen molar-refractivity contribution in [2.75, 3.05) is 19.6 Å². The van der Waals surface area contributed by atoms with Crippen molar-refractivity contribution in [2.45, 2.75) is 57.5 Å². The van der Waals surface area contributed by atoms with Gasteiger partial charge in [-0.15, -0.1) is 0 Å². The first-order valence-corrected chi connectivity index (χ1v) is 10.2. The summed E-state index contributed by atoms with van der Waals surface area (Å²) >= 11 is 0. The van der Waals surface area contributed by atoms with Gasteiger partial charge in [0.2, 0.25) is 11.8 Å². The van der Waals surface area contributed by atoms with Gasteiger partial charge in [0, 0.05) is 63.5 Å². The van der Waals surface area contributed by atoms with Gasteiger partial charge in [-0.1, -0.05) is 6.92 Å². The summed E-state index contributed by atoms with van der Waals surface area (Å²) < 4.78 is 1.99. The molecule has 1 N–H and O–H groups in total. The number of aryl methyl sites for hydroxylation is 1. The highest BCUT2D eigenvalue weighted by Crippen LogP contribution is 2.42. The highest BCUT2D eigenvalue weighted by Gasteiger charge is 2.48. The number of hydrogen-bond donors (Lipinski definition) is 1. The number of aromatic nitrogens is 4. The molecule has 0 bridgehead atoms. The van der Waals surface area contributed by atoms with Crippen LogP contribution in [0.5, 0.6) is 0 Å². The van der Waals surface area contributed by atoms with E-state index in [9.17, 15) is 9.59 Å². The maximum atomic E-state index is 12.7.